The van der Waals surface area contributed by atoms with Crippen LogP contribution in [0, 0.1) is 0 Å². The van der Waals surface area contributed by atoms with Crippen molar-refractivity contribution >= 4 is 16.9 Å². The molecular weight excluding hydrogens is 414 g/mol. The Labute approximate surface area is 196 Å². The summed E-state index contributed by atoms with van der Waals surface area (Å²) >= 11 is 0. The third kappa shape index (κ3) is 5.93. The first-order valence-electron chi connectivity index (χ1n) is 12.2. The van der Waals surface area contributed by atoms with E-state index in [1.54, 1.807) is 0 Å². The quantitative estimate of drug-likeness (QED) is 0.409. The van der Waals surface area contributed by atoms with Gasteiger partial charge in [0.05, 0.1) is 24.2 Å². The molecule has 4 rings (SSSR count). The summed E-state index contributed by atoms with van der Waals surface area (Å²) in [6, 6.07) is 16.6. The molecule has 2 atom stereocenters. The number of aryl methyl sites for hydroxylation is 1. The molecule has 6 nitrogen and oxygen atoms in total. The summed E-state index contributed by atoms with van der Waals surface area (Å²) in [6.07, 6.45) is 4.48. The number of imidazole rings is 1. The molecule has 1 aromatic heterocycles. The number of aromatic nitrogens is 2. The number of ether oxygens (including phenoxy) is 2. The van der Waals surface area contributed by atoms with E-state index < -0.39 is 0 Å². The van der Waals surface area contributed by atoms with Crippen LogP contribution in [0.1, 0.15) is 63.3 Å². The van der Waals surface area contributed by atoms with Gasteiger partial charge in [-0.1, -0.05) is 38.1 Å². The number of nitrogens with zero attached hydrogens (tertiary/aromatic N) is 2. The third-order valence-electron chi connectivity index (χ3n) is 6.48. The van der Waals surface area contributed by atoms with Crippen LogP contribution in [0.3, 0.4) is 0 Å². The van der Waals surface area contributed by atoms with E-state index in [2.05, 4.69) is 54.1 Å². The van der Waals surface area contributed by atoms with Gasteiger partial charge in [-0.15, -0.1) is 0 Å². The van der Waals surface area contributed by atoms with Gasteiger partial charge in [0.15, 0.2) is 0 Å². The number of carbonyl (C=O) groups excluding carboxylic acids is 1. The van der Waals surface area contributed by atoms with E-state index in [1.807, 2.05) is 18.2 Å². The first-order valence-corrected chi connectivity index (χ1v) is 12.2. The molecule has 6 heteroatoms. The van der Waals surface area contributed by atoms with Crippen LogP contribution in [0.15, 0.2) is 48.5 Å². The fraction of sp³-hybridized carbons (Fsp3) is 0.481. The van der Waals surface area contributed by atoms with Crippen LogP contribution >= 0.6 is 0 Å². The lowest BCUT2D eigenvalue weighted by molar-refractivity contribution is -0.130. The SMILES string of the molecule is CCC(C)c1ccc(OCCCCn2c(CNC(=O)C3CCCO3)nc3ccccc32)cc1. The second-order valence-electron chi connectivity index (χ2n) is 8.82. The van der Waals surface area contributed by atoms with E-state index in [0.717, 1.165) is 61.3 Å². The van der Waals surface area contributed by atoms with Gasteiger partial charge in [-0.2, -0.15) is 0 Å². The molecule has 2 unspecified atom stereocenters. The number of amides is 1. The average molecular weight is 450 g/mol. The van der Waals surface area contributed by atoms with Gasteiger partial charge in [-0.05, 0) is 67.9 Å². The fourth-order valence-electron chi connectivity index (χ4n) is 4.26. The first-order chi connectivity index (χ1) is 16.2. The minimum atomic E-state index is -0.320. The summed E-state index contributed by atoms with van der Waals surface area (Å²) in [4.78, 5) is 17.1. The van der Waals surface area contributed by atoms with Gasteiger partial charge in [0, 0.05) is 13.2 Å². The summed E-state index contributed by atoms with van der Waals surface area (Å²) in [7, 11) is 0. The molecule has 0 spiro atoms. The van der Waals surface area contributed by atoms with Crippen LogP contribution < -0.4 is 10.1 Å². The highest BCUT2D eigenvalue weighted by molar-refractivity contribution is 5.81. The lowest BCUT2D eigenvalue weighted by atomic mass is 9.99. The average Bonchev–Trinajstić information content (AvgIpc) is 3.51. The second kappa shape index (κ2) is 11.3. The number of rotatable bonds is 11. The normalized spacial score (nSPS) is 16.7. The van der Waals surface area contributed by atoms with Gasteiger partial charge < -0.3 is 19.4 Å². The fourth-order valence-corrected chi connectivity index (χ4v) is 4.26. The molecule has 0 aliphatic carbocycles. The maximum Gasteiger partial charge on any atom is 0.249 e. The number of unbranched alkanes of at least 4 members (excludes halogenated alkanes) is 1. The van der Waals surface area contributed by atoms with Crippen LogP contribution in [0.25, 0.3) is 11.0 Å². The van der Waals surface area contributed by atoms with Crippen LogP contribution in [0.4, 0.5) is 0 Å². The zero-order chi connectivity index (χ0) is 23.0. The molecule has 33 heavy (non-hydrogen) atoms. The Morgan fingerprint density at radius 1 is 1.21 bits per heavy atom. The minimum absolute atomic E-state index is 0.0427. The number of benzene rings is 2. The highest BCUT2D eigenvalue weighted by Gasteiger charge is 2.23. The number of fused-ring (bicyclic) bond motifs is 1. The van der Waals surface area contributed by atoms with Gasteiger partial charge in [0.25, 0.3) is 0 Å². The van der Waals surface area contributed by atoms with Crippen molar-refractivity contribution in [2.45, 2.75) is 71.1 Å². The van der Waals surface area contributed by atoms with Crippen molar-refractivity contribution < 1.29 is 14.3 Å². The summed E-state index contributed by atoms with van der Waals surface area (Å²) in [5.74, 6) is 2.34. The number of hydrogen-bond acceptors (Lipinski definition) is 4. The van der Waals surface area contributed by atoms with Crippen LogP contribution in [0.5, 0.6) is 5.75 Å². The third-order valence-corrected chi connectivity index (χ3v) is 6.48. The van der Waals surface area contributed by atoms with E-state index in [1.165, 1.54) is 5.56 Å². The Hall–Kier alpha value is -2.86. The van der Waals surface area contributed by atoms with Crippen LogP contribution in [-0.4, -0.2) is 34.8 Å². The molecule has 2 heterocycles. The highest BCUT2D eigenvalue weighted by atomic mass is 16.5. The molecule has 1 saturated heterocycles. The number of nitrogens with one attached hydrogen (secondary N) is 1. The van der Waals surface area contributed by atoms with Crippen molar-refractivity contribution in [3.63, 3.8) is 0 Å². The minimum Gasteiger partial charge on any atom is -0.494 e. The Kier molecular flexibility index (Phi) is 8.00. The van der Waals surface area contributed by atoms with Crippen molar-refractivity contribution in [2.24, 2.45) is 0 Å². The maximum atomic E-state index is 12.4. The molecule has 0 radical (unpaired) electrons. The topological polar surface area (TPSA) is 65.4 Å². The standard InChI is InChI=1S/C27H35N3O3/c1-3-20(2)21-12-14-22(15-13-21)32-17-7-6-16-30-24-10-5-4-9-23(24)29-26(30)19-28-27(31)25-11-8-18-33-25/h4-5,9-10,12-15,20,25H,3,6-8,11,16-19H2,1-2H3,(H,28,31). The lowest BCUT2D eigenvalue weighted by Gasteiger charge is -2.13. The molecule has 1 aliphatic heterocycles. The van der Waals surface area contributed by atoms with Crippen molar-refractivity contribution in [3.05, 3.63) is 59.9 Å². The number of para-hydroxylation sites is 2. The molecule has 2 aromatic carbocycles. The summed E-state index contributed by atoms with van der Waals surface area (Å²) in [5, 5.41) is 3.01. The molecule has 1 fully saturated rings. The van der Waals surface area contributed by atoms with Gasteiger partial charge in [0.2, 0.25) is 5.91 Å². The Balaban J connectivity index is 1.30. The zero-order valence-electron chi connectivity index (χ0n) is 19.8. The van der Waals surface area contributed by atoms with Crippen molar-refractivity contribution in [1.29, 1.82) is 0 Å². The van der Waals surface area contributed by atoms with Crippen LogP contribution in [0.2, 0.25) is 0 Å². The van der Waals surface area contributed by atoms with E-state index >= 15 is 0 Å². The Morgan fingerprint density at radius 3 is 2.79 bits per heavy atom. The predicted molar refractivity (Wildman–Crippen MR) is 130 cm³/mol. The van der Waals surface area contributed by atoms with Gasteiger partial charge in [-0.3, -0.25) is 4.79 Å². The van der Waals surface area contributed by atoms with E-state index in [9.17, 15) is 4.79 Å². The van der Waals surface area contributed by atoms with Gasteiger partial charge >= 0.3 is 0 Å². The molecule has 1 amide bonds. The smallest absolute Gasteiger partial charge is 0.249 e. The Bertz CT molecular complexity index is 1040. The molecule has 0 saturated carbocycles. The van der Waals surface area contributed by atoms with E-state index in [4.69, 9.17) is 14.5 Å². The van der Waals surface area contributed by atoms with E-state index in [0.29, 0.717) is 25.7 Å². The predicted octanol–water partition coefficient (Wildman–Crippen LogP) is 5.20. The maximum absolute atomic E-state index is 12.4. The lowest BCUT2D eigenvalue weighted by Crippen LogP contribution is -2.34. The Morgan fingerprint density at radius 2 is 2.03 bits per heavy atom. The first kappa shape index (κ1) is 23.3. The highest BCUT2D eigenvalue weighted by Crippen LogP contribution is 2.22. The van der Waals surface area contributed by atoms with Gasteiger partial charge in [0.1, 0.15) is 17.7 Å². The molecular formula is C27H35N3O3. The molecule has 176 valence electrons. The molecule has 1 aliphatic rings. The van der Waals surface area contributed by atoms with Crippen LogP contribution in [-0.2, 0) is 22.6 Å². The molecule has 0 bridgehead atoms. The van der Waals surface area contributed by atoms with Crippen molar-refractivity contribution in [3.8, 4) is 5.75 Å². The largest absolute Gasteiger partial charge is 0.494 e. The molecule has 1 N–H and O–H groups in total. The zero-order valence-corrected chi connectivity index (χ0v) is 19.8. The summed E-state index contributed by atoms with van der Waals surface area (Å²) < 4.78 is 13.7. The summed E-state index contributed by atoms with van der Waals surface area (Å²) in [5.41, 5.74) is 3.41. The second-order valence-corrected chi connectivity index (χ2v) is 8.82. The summed E-state index contributed by atoms with van der Waals surface area (Å²) in [6.45, 7) is 7.05. The monoisotopic (exact) mass is 449 g/mol. The van der Waals surface area contributed by atoms with Gasteiger partial charge in [-0.25, -0.2) is 4.98 Å². The van der Waals surface area contributed by atoms with E-state index in [-0.39, 0.29) is 12.0 Å². The molecule has 3 aromatic rings. The van der Waals surface area contributed by atoms with Crippen molar-refractivity contribution in [2.75, 3.05) is 13.2 Å². The number of carbonyl (C=O) groups is 1. The van der Waals surface area contributed by atoms with Crippen molar-refractivity contribution in [1.82, 2.24) is 14.9 Å². The number of hydrogen-bond donors (Lipinski definition) is 1.